The zero-order valence-electron chi connectivity index (χ0n) is 23.8. The van der Waals surface area contributed by atoms with Crippen molar-refractivity contribution in [3.8, 4) is 11.9 Å². The predicted octanol–water partition coefficient (Wildman–Crippen LogP) is 7.43. The van der Waals surface area contributed by atoms with E-state index in [2.05, 4.69) is 36.4 Å². The van der Waals surface area contributed by atoms with E-state index < -0.39 is 11.4 Å². The Hall–Kier alpha value is -3.67. The van der Waals surface area contributed by atoms with E-state index in [4.69, 9.17) is 4.74 Å². The lowest BCUT2D eigenvalue weighted by molar-refractivity contribution is 0.0428. The summed E-state index contributed by atoms with van der Waals surface area (Å²) < 4.78 is 6.46. The molecule has 0 radical (unpaired) electrons. The standard InChI is InChI=1S/C30H43N5O4/c1-5-8-10-11-12-13-19-32-35-28(36)26(20-31)22(4)27(29(35)37)34-33-25-17-15-24(16-18-25)30(38)39-21-23(7-3)14-9-6-2/h15-18,23,32,37H,5-14,19,21H2,1-4H3/b34-33+. The molecular weight excluding hydrogens is 494 g/mol. The number of carbonyl (C=O) groups is 1. The lowest BCUT2D eigenvalue weighted by atomic mass is 10.0. The fourth-order valence-electron chi connectivity index (χ4n) is 4.20. The minimum Gasteiger partial charge on any atom is -0.492 e. The van der Waals surface area contributed by atoms with Crippen molar-refractivity contribution >= 4 is 17.3 Å². The maximum atomic E-state index is 12.7. The summed E-state index contributed by atoms with van der Waals surface area (Å²) in [7, 11) is 0. The minimum absolute atomic E-state index is 0.0303. The van der Waals surface area contributed by atoms with Crippen LogP contribution < -0.4 is 11.0 Å². The van der Waals surface area contributed by atoms with Gasteiger partial charge in [0, 0.05) is 12.1 Å². The highest BCUT2D eigenvalue weighted by atomic mass is 16.5. The zero-order valence-corrected chi connectivity index (χ0v) is 23.8. The number of hydrogen-bond acceptors (Lipinski definition) is 8. The van der Waals surface area contributed by atoms with Gasteiger partial charge >= 0.3 is 5.97 Å². The fraction of sp³-hybridized carbons (Fsp3) is 0.567. The number of rotatable bonds is 17. The first-order valence-corrected chi connectivity index (χ1v) is 14.2. The van der Waals surface area contributed by atoms with Gasteiger partial charge in [-0.1, -0.05) is 72.1 Å². The molecule has 1 heterocycles. The maximum Gasteiger partial charge on any atom is 0.338 e. The van der Waals surface area contributed by atoms with Crippen LogP contribution in [-0.4, -0.2) is 28.9 Å². The summed E-state index contributed by atoms with van der Waals surface area (Å²) in [5.41, 5.74) is 3.31. The van der Waals surface area contributed by atoms with Crippen molar-refractivity contribution in [1.82, 2.24) is 4.68 Å². The molecule has 9 nitrogen and oxygen atoms in total. The molecule has 2 N–H and O–H groups in total. The third kappa shape index (κ3) is 9.54. The number of aromatic hydroxyl groups is 1. The van der Waals surface area contributed by atoms with E-state index in [1.165, 1.54) is 19.3 Å². The molecule has 39 heavy (non-hydrogen) atoms. The summed E-state index contributed by atoms with van der Waals surface area (Å²) in [6.45, 7) is 8.84. The number of aromatic nitrogens is 1. The van der Waals surface area contributed by atoms with Crippen LogP contribution in [0.1, 0.15) is 106 Å². The summed E-state index contributed by atoms with van der Waals surface area (Å²) in [4.78, 5) is 25.2. The van der Waals surface area contributed by atoms with Gasteiger partial charge in [0.1, 0.15) is 11.6 Å². The van der Waals surface area contributed by atoms with Gasteiger partial charge < -0.3 is 15.3 Å². The van der Waals surface area contributed by atoms with Crippen LogP contribution in [0.3, 0.4) is 0 Å². The molecule has 1 unspecified atom stereocenters. The third-order valence-electron chi connectivity index (χ3n) is 6.84. The average Bonchev–Trinajstić information content (AvgIpc) is 2.94. The average molecular weight is 538 g/mol. The third-order valence-corrected chi connectivity index (χ3v) is 6.84. The number of benzene rings is 1. The van der Waals surface area contributed by atoms with Crippen LogP contribution in [-0.2, 0) is 4.74 Å². The first kappa shape index (κ1) is 31.5. The fourth-order valence-corrected chi connectivity index (χ4v) is 4.20. The number of pyridine rings is 1. The molecule has 2 aromatic rings. The second kappa shape index (κ2) is 17.0. The van der Waals surface area contributed by atoms with Gasteiger partial charge in [0.2, 0.25) is 5.88 Å². The van der Waals surface area contributed by atoms with Crippen molar-refractivity contribution in [3.05, 3.63) is 51.3 Å². The molecule has 212 valence electrons. The minimum atomic E-state index is -0.625. The molecule has 1 aromatic carbocycles. The first-order chi connectivity index (χ1) is 18.9. The Morgan fingerprint density at radius 1 is 1.05 bits per heavy atom. The largest absolute Gasteiger partial charge is 0.492 e. The number of carbonyl (C=O) groups excluding carboxylic acids is 1. The van der Waals surface area contributed by atoms with Crippen molar-refractivity contribution in [1.29, 1.82) is 5.26 Å². The van der Waals surface area contributed by atoms with Crippen LogP contribution in [0.4, 0.5) is 11.4 Å². The van der Waals surface area contributed by atoms with E-state index >= 15 is 0 Å². The highest BCUT2D eigenvalue weighted by Crippen LogP contribution is 2.31. The van der Waals surface area contributed by atoms with Crippen LogP contribution in [0.5, 0.6) is 5.88 Å². The molecule has 0 aliphatic carbocycles. The van der Waals surface area contributed by atoms with E-state index in [1.807, 2.05) is 6.07 Å². The van der Waals surface area contributed by atoms with E-state index in [-0.39, 0.29) is 22.8 Å². The lowest BCUT2D eigenvalue weighted by Crippen LogP contribution is -2.31. The Bertz CT molecular complexity index is 1180. The smallest absolute Gasteiger partial charge is 0.338 e. The number of nitrogens with zero attached hydrogens (tertiary/aromatic N) is 4. The van der Waals surface area contributed by atoms with Gasteiger partial charge in [0.25, 0.3) is 5.56 Å². The molecule has 0 aliphatic heterocycles. The van der Waals surface area contributed by atoms with Crippen LogP contribution >= 0.6 is 0 Å². The molecule has 1 atom stereocenters. The first-order valence-electron chi connectivity index (χ1n) is 14.2. The van der Waals surface area contributed by atoms with Gasteiger partial charge in [-0.25, -0.2) is 4.79 Å². The lowest BCUT2D eigenvalue weighted by Gasteiger charge is -2.15. The predicted molar refractivity (Wildman–Crippen MR) is 154 cm³/mol. The normalized spacial score (nSPS) is 11.9. The molecule has 0 bridgehead atoms. The molecule has 2 rings (SSSR count). The molecule has 1 aromatic heterocycles. The summed E-state index contributed by atoms with van der Waals surface area (Å²) in [6, 6.07) is 8.38. The number of nitriles is 1. The van der Waals surface area contributed by atoms with Crippen molar-refractivity contribution in [3.63, 3.8) is 0 Å². The summed E-state index contributed by atoms with van der Waals surface area (Å²) in [5.74, 6) is -0.427. The Morgan fingerprint density at radius 2 is 1.72 bits per heavy atom. The summed E-state index contributed by atoms with van der Waals surface area (Å²) in [6.07, 6.45) is 10.8. The van der Waals surface area contributed by atoms with Gasteiger partial charge in [-0.2, -0.15) is 15.1 Å². The summed E-state index contributed by atoms with van der Waals surface area (Å²) in [5, 5.41) is 28.6. The molecule has 0 saturated carbocycles. The van der Waals surface area contributed by atoms with Crippen molar-refractivity contribution in [2.75, 3.05) is 18.6 Å². The van der Waals surface area contributed by atoms with Crippen molar-refractivity contribution < 1.29 is 14.6 Å². The molecular formula is C30H43N5O4. The molecule has 0 aliphatic rings. The SMILES string of the molecule is CCCCCCCCNn1c(O)c(/N=N/c2ccc(C(=O)OCC(CC)CCCC)cc2)c(C)c(C#N)c1=O. The van der Waals surface area contributed by atoms with E-state index in [0.717, 1.165) is 49.6 Å². The number of nitrogens with one attached hydrogen (secondary N) is 1. The quantitative estimate of drug-likeness (QED) is 0.123. The Labute approximate surface area is 231 Å². The van der Waals surface area contributed by atoms with Crippen molar-refractivity contribution in [2.45, 2.75) is 91.9 Å². The number of ether oxygens (including phenoxy) is 1. The topological polar surface area (TPSA) is 129 Å². The summed E-state index contributed by atoms with van der Waals surface area (Å²) >= 11 is 0. The van der Waals surface area contributed by atoms with Gasteiger partial charge in [0.05, 0.1) is 17.9 Å². The van der Waals surface area contributed by atoms with E-state index in [9.17, 15) is 20.0 Å². The number of hydrogen-bond donors (Lipinski definition) is 2. The van der Waals surface area contributed by atoms with E-state index in [1.54, 1.807) is 31.2 Å². The molecule has 0 spiro atoms. The second-order valence-electron chi connectivity index (χ2n) is 9.86. The van der Waals surface area contributed by atoms with Crippen LogP contribution in [0.2, 0.25) is 0 Å². The van der Waals surface area contributed by atoms with Gasteiger partial charge in [-0.05, 0) is 49.9 Å². The maximum absolute atomic E-state index is 12.7. The molecule has 9 heteroatoms. The molecule has 0 fully saturated rings. The highest BCUT2D eigenvalue weighted by Gasteiger charge is 2.19. The second-order valence-corrected chi connectivity index (χ2v) is 9.86. The Morgan fingerprint density at radius 3 is 2.36 bits per heavy atom. The van der Waals surface area contributed by atoms with E-state index in [0.29, 0.717) is 30.3 Å². The Balaban J connectivity index is 2.11. The zero-order chi connectivity index (χ0) is 28.6. The van der Waals surface area contributed by atoms with Gasteiger partial charge in [0.15, 0.2) is 5.69 Å². The van der Waals surface area contributed by atoms with Crippen molar-refractivity contribution in [2.24, 2.45) is 16.1 Å². The van der Waals surface area contributed by atoms with Gasteiger partial charge in [-0.3, -0.25) is 4.79 Å². The molecule has 0 amide bonds. The van der Waals surface area contributed by atoms with Gasteiger partial charge in [-0.15, -0.1) is 5.11 Å². The highest BCUT2D eigenvalue weighted by molar-refractivity contribution is 5.89. The number of unbranched alkanes of at least 4 members (excludes halogenated alkanes) is 6. The monoisotopic (exact) mass is 537 g/mol. The van der Waals surface area contributed by atoms with Crippen LogP contribution in [0.25, 0.3) is 0 Å². The van der Waals surface area contributed by atoms with Crippen LogP contribution in [0, 0.1) is 24.2 Å². The number of esters is 1. The number of azo groups is 1. The Kier molecular flexibility index (Phi) is 13.8. The van der Waals surface area contributed by atoms with Crippen LogP contribution in [0.15, 0.2) is 39.3 Å². The molecule has 0 saturated heterocycles.